The quantitative estimate of drug-likeness (QED) is 0.492. The number of nitro groups is 1. The molecule has 0 aliphatic rings. The Morgan fingerprint density at radius 1 is 1.41 bits per heavy atom. The number of nitrogens with zero attached hydrogens (tertiary/aromatic N) is 1. The maximum absolute atomic E-state index is 13.2. The lowest BCUT2D eigenvalue weighted by atomic mass is 10.0. The fraction of sp³-hybridized carbons (Fsp3) is 0.333. The Morgan fingerprint density at radius 2 is 2.00 bits per heavy atom. The molecule has 0 amide bonds. The molecule has 0 heterocycles. The smallest absolute Gasteiger partial charge is 0.310 e. The molecule has 0 saturated heterocycles. The van der Waals surface area contributed by atoms with E-state index in [0.717, 1.165) is 0 Å². The Morgan fingerprint density at radius 3 is 2.47 bits per heavy atom. The van der Waals surface area contributed by atoms with E-state index in [2.05, 4.69) is 0 Å². The van der Waals surface area contributed by atoms with E-state index in [1.807, 2.05) is 0 Å². The first-order chi connectivity index (χ1) is 7.88. The van der Waals surface area contributed by atoms with Gasteiger partial charge in [0.25, 0.3) is 0 Å². The second-order valence-corrected chi connectivity index (χ2v) is 3.56. The van der Waals surface area contributed by atoms with Crippen LogP contribution in [-0.2, 0) is 0 Å². The van der Waals surface area contributed by atoms with Gasteiger partial charge in [0.2, 0.25) is 5.82 Å². The minimum atomic E-state index is -1.84. The molecule has 0 aliphatic carbocycles. The van der Waals surface area contributed by atoms with Crippen LogP contribution in [0.5, 0.6) is 0 Å². The first-order valence-corrected chi connectivity index (χ1v) is 4.97. The van der Waals surface area contributed by atoms with Gasteiger partial charge in [-0.2, -0.15) is 4.39 Å². The molecular weight excluding hydrogens is 260 g/mol. The van der Waals surface area contributed by atoms with Gasteiger partial charge in [0.1, 0.15) is 11.9 Å². The molecule has 2 N–H and O–H groups in total. The molecule has 0 spiro atoms. The normalized spacial score (nSPS) is 14.4. The highest BCUT2D eigenvalue weighted by molar-refractivity contribution is 6.18. The van der Waals surface area contributed by atoms with Gasteiger partial charge >= 0.3 is 5.69 Å². The Kier molecular flexibility index (Phi) is 4.33. The Labute approximate surface area is 99.4 Å². The van der Waals surface area contributed by atoms with Crippen molar-refractivity contribution >= 4 is 17.3 Å². The van der Waals surface area contributed by atoms with Crippen molar-refractivity contribution in [2.24, 2.45) is 0 Å². The highest BCUT2D eigenvalue weighted by Crippen LogP contribution is 2.31. The Hall–Kier alpha value is -1.31. The zero-order valence-corrected chi connectivity index (χ0v) is 9.06. The summed E-state index contributed by atoms with van der Waals surface area (Å²) in [5.41, 5.74) is -1.73. The van der Waals surface area contributed by atoms with Crippen LogP contribution < -0.4 is 0 Å². The van der Waals surface area contributed by atoms with Crippen LogP contribution >= 0.6 is 11.6 Å². The van der Waals surface area contributed by atoms with Crippen LogP contribution in [0.2, 0.25) is 0 Å². The van der Waals surface area contributed by atoms with E-state index < -0.39 is 45.9 Å². The molecule has 0 fully saturated rings. The topological polar surface area (TPSA) is 83.6 Å². The minimum absolute atomic E-state index is 0.321. The number of alkyl halides is 1. The average Bonchev–Trinajstić information content (AvgIpc) is 2.25. The molecule has 2 unspecified atom stereocenters. The maximum atomic E-state index is 13.2. The molecule has 0 aliphatic heterocycles. The van der Waals surface area contributed by atoms with Crippen molar-refractivity contribution in [3.8, 4) is 0 Å². The zero-order chi connectivity index (χ0) is 13.2. The van der Waals surface area contributed by atoms with E-state index in [1.54, 1.807) is 0 Å². The van der Waals surface area contributed by atoms with Crippen LogP contribution in [-0.4, -0.2) is 27.1 Å². The summed E-state index contributed by atoms with van der Waals surface area (Å²) in [6.45, 7) is 0. The Bertz CT molecular complexity index is 443. The fourth-order valence-electron chi connectivity index (χ4n) is 1.30. The first-order valence-electron chi connectivity index (χ1n) is 4.44. The fourth-order valence-corrected chi connectivity index (χ4v) is 1.46. The maximum Gasteiger partial charge on any atom is 0.310 e. The lowest BCUT2D eigenvalue weighted by Gasteiger charge is -2.15. The molecule has 0 saturated carbocycles. The summed E-state index contributed by atoms with van der Waals surface area (Å²) in [6.07, 6.45) is -3.39. The highest BCUT2D eigenvalue weighted by Gasteiger charge is 2.30. The van der Waals surface area contributed by atoms with Crippen molar-refractivity contribution in [3.05, 3.63) is 39.4 Å². The summed E-state index contributed by atoms with van der Waals surface area (Å²) in [6, 6.07) is 0.906. The molecule has 5 nitrogen and oxygen atoms in total. The second kappa shape index (κ2) is 5.35. The molecule has 0 aromatic heterocycles. The van der Waals surface area contributed by atoms with Crippen LogP contribution in [0.15, 0.2) is 12.1 Å². The van der Waals surface area contributed by atoms with Crippen molar-refractivity contribution in [2.75, 3.05) is 5.88 Å². The van der Waals surface area contributed by atoms with Gasteiger partial charge in [0.05, 0.1) is 22.5 Å². The molecule has 8 heteroatoms. The molecule has 1 aromatic carbocycles. The number of aliphatic hydroxyl groups is 2. The minimum Gasteiger partial charge on any atom is -0.389 e. The molecule has 2 atom stereocenters. The van der Waals surface area contributed by atoms with Crippen molar-refractivity contribution in [1.29, 1.82) is 0 Å². The van der Waals surface area contributed by atoms with Gasteiger partial charge in [-0.15, -0.1) is 11.6 Å². The van der Waals surface area contributed by atoms with Crippen molar-refractivity contribution < 1.29 is 23.9 Å². The third-order valence-corrected chi connectivity index (χ3v) is 2.40. The standard InChI is InChI=1S/C9H8ClF2NO4/c10-3-7(14)9(15)5-1-4(11)2-6(12)8(5)13(16)17/h1-2,7,9,14-15H,3H2. The van der Waals surface area contributed by atoms with Crippen LogP contribution in [0.3, 0.4) is 0 Å². The molecule has 0 radical (unpaired) electrons. The highest BCUT2D eigenvalue weighted by atomic mass is 35.5. The number of benzene rings is 1. The monoisotopic (exact) mass is 267 g/mol. The molecule has 94 valence electrons. The largest absolute Gasteiger partial charge is 0.389 e. The summed E-state index contributed by atoms with van der Waals surface area (Å²) in [4.78, 5) is 9.48. The predicted molar refractivity (Wildman–Crippen MR) is 54.7 cm³/mol. The summed E-state index contributed by atoms with van der Waals surface area (Å²) in [7, 11) is 0. The van der Waals surface area contributed by atoms with Gasteiger partial charge in [0.15, 0.2) is 0 Å². The van der Waals surface area contributed by atoms with Crippen LogP contribution in [0.25, 0.3) is 0 Å². The van der Waals surface area contributed by atoms with E-state index >= 15 is 0 Å². The van der Waals surface area contributed by atoms with E-state index in [4.69, 9.17) is 11.6 Å². The van der Waals surface area contributed by atoms with Crippen molar-refractivity contribution in [1.82, 2.24) is 0 Å². The van der Waals surface area contributed by atoms with Crippen molar-refractivity contribution in [2.45, 2.75) is 12.2 Å². The van der Waals surface area contributed by atoms with E-state index in [-0.39, 0.29) is 0 Å². The molecule has 1 rings (SSSR count). The second-order valence-electron chi connectivity index (χ2n) is 3.25. The van der Waals surface area contributed by atoms with E-state index in [1.165, 1.54) is 0 Å². The predicted octanol–water partition coefficient (Wildman–Crippen LogP) is 1.51. The first kappa shape index (κ1) is 13.8. The van der Waals surface area contributed by atoms with Gasteiger partial charge in [-0.3, -0.25) is 10.1 Å². The third-order valence-electron chi connectivity index (χ3n) is 2.08. The van der Waals surface area contributed by atoms with Gasteiger partial charge in [-0.05, 0) is 6.07 Å². The SMILES string of the molecule is O=[N+]([O-])c1c(F)cc(F)cc1C(O)C(O)CCl. The van der Waals surface area contributed by atoms with Crippen LogP contribution in [0.1, 0.15) is 11.7 Å². The lowest BCUT2D eigenvalue weighted by molar-refractivity contribution is -0.389. The molecule has 1 aromatic rings. The number of hydrogen-bond acceptors (Lipinski definition) is 4. The Balaban J connectivity index is 3.35. The number of rotatable bonds is 4. The van der Waals surface area contributed by atoms with Gasteiger partial charge in [0, 0.05) is 6.07 Å². The van der Waals surface area contributed by atoms with Gasteiger partial charge in [-0.1, -0.05) is 0 Å². The van der Waals surface area contributed by atoms with Crippen LogP contribution in [0.4, 0.5) is 14.5 Å². The summed E-state index contributed by atoms with van der Waals surface area (Å²) < 4.78 is 26.1. The summed E-state index contributed by atoms with van der Waals surface area (Å²) in [5.74, 6) is -2.95. The number of aliphatic hydroxyl groups excluding tert-OH is 2. The molecular formula is C9H8ClF2NO4. The number of halogens is 3. The van der Waals surface area contributed by atoms with Crippen LogP contribution in [0, 0.1) is 21.7 Å². The average molecular weight is 268 g/mol. The van der Waals surface area contributed by atoms with E-state index in [9.17, 15) is 29.1 Å². The third kappa shape index (κ3) is 2.87. The number of hydrogen-bond donors (Lipinski definition) is 2. The summed E-state index contributed by atoms with van der Waals surface area (Å²) in [5, 5.41) is 29.3. The molecule has 0 bridgehead atoms. The van der Waals surface area contributed by atoms with Crippen molar-refractivity contribution in [3.63, 3.8) is 0 Å². The summed E-state index contributed by atoms with van der Waals surface area (Å²) >= 11 is 5.24. The lowest BCUT2D eigenvalue weighted by Crippen LogP contribution is -2.21. The number of nitro benzene ring substituents is 1. The van der Waals surface area contributed by atoms with Gasteiger partial charge < -0.3 is 10.2 Å². The van der Waals surface area contributed by atoms with Gasteiger partial charge in [-0.25, -0.2) is 4.39 Å². The zero-order valence-electron chi connectivity index (χ0n) is 8.31. The van der Waals surface area contributed by atoms with E-state index in [0.29, 0.717) is 12.1 Å². The molecule has 17 heavy (non-hydrogen) atoms.